The van der Waals surface area contributed by atoms with Crippen LogP contribution in [-0.2, 0) is 11.2 Å². The number of benzene rings is 2. The van der Waals surface area contributed by atoms with E-state index in [1.807, 2.05) is 18.2 Å². The summed E-state index contributed by atoms with van der Waals surface area (Å²) in [6, 6.07) is 18.7. The van der Waals surface area contributed by atoms with E-state index in [1.165, 1.54) is 22.9 Å². The van der Waals surface area contributed by atoms with Crippen LogP contribution in [0.4, 0.5) is 0 Å². The summed E-state index contributed by atoms with van der Waals surface area (Å²) in [7, 11) is 0. The average Bonchev–Trinajstić information content (AvgIpc) is 3.52. The van der Waals surface area contributed by atoms with Crippen molar-refractivity contribution in [3.8, 4) is 5.69 Å². The minimum atomic E-state index is 0.0484. The first kappa shape index (κ1) is 18.4. The molecule has 1 aromatic heterocycles. The highest BCUT2D eigenvalue weighted by Gasteiger charge is 2.31. The molecule has 0 spiro atoms. The maximum Gasteiger partial charge on any atom is 0.230 e. The lowest BCUT2D eigenvalue weighted by Crippen LogP contribution is -2.32. The van der Waals surface area contributed by atoms with Gasteiger partial charge in [0.05, 0.1) is 11.8 Å². The van der Waals surface area contributed by atoms with E-state index in [4.69, 9.17) is 0 Å². The number of fused-ring (bicyclic) bond motifs is 1. The Bertz CT molecular complexity index is 1010. The van der Waals surface area contributed by atoms with Crippen molar-refractivity contribution in [1.29, 1.82) is 0 Å². The number of hydrogen-bond donors (Lipinski definition) is 1. The molecule has 1 saturated carbocycles. The van der Waals surface area contributed by atoms with Crippen LogP contribution in [-0.4, -0.2) is 26.4 Å². The van der Waals surface area contributed by atoms with Crippen LogP contribution in [0.1, 0.15) is 54.6 Å². The van der Waals surface area contributed by atoms with Gasteiger partial charge in [-0.25, -0.2) is 0 Å². The molecule has 1 atom stereocenters. The lowest BCUT2D eigenvalue weighted by molar-refractivity contribution is -0.119. The fourth-order valence-electron chi connectivity index (χ4n) is 4.07. The molecular weight excluding hydrogens is 380 g/mol. The van der Waals surface area contributed by atoms with Crippen LogP contribution in [0.3, 0.4) is 0 Å². The molecule has 2 aliphatic rings. The van der Waals surface area contributed by atoms with Crippen LogP contribution in [0, 0.1) is 0 Å². The quantitative estimate of drug-likeness (QED) is 0.618. The summed E-state index contributed by atoms with van der Waals surface area (Å²) in [5, 5.41) is 12.9. The first-order chi connectivity index (χ1) is 14.3. The van der Waals surface area contributed by atoms with E-state index < -0.39 is 0 Å². The van der Waals surface area contributed by atoms with E-state index in [1.54, 1.807) is 0 Å². The fourth-order valence-corrected chi connectivity index (χ4v) is 4.84. The largest absolute Gasteiger partial charge is 0.349 e. The molecule has 1 fully saturated rings. The van der Waals surface area contributed by atoms with Crippen molar-refractivity contribution in [2.45, 2.75) is 49.2 Å². The van der Waals surface area contributed by atoms with Gasteiger partial charge in [-0.1, -0.05) is 54.2 Å². The van der Waals surface area contributed by atoms with Crippen LogP contribution in [0.15, 0.2) is 59.8 Å². The molecule has 0 radical (unpaired) electrons. The number of aromatic nitrogens is 3. The Morgan fingerprint density at radius 2 is 1.83 bits per heavy atom. The molecule has 6 heteroatoms. The van der Waals surface area contributed by atoms with E-state index in [2.05, 4.69) is 56.5 Å². The Hall–Kier alpha value is -2.60. The van der Waals surface area contributed by atoms with Gasteiger partial charge < -0.3 is 5.32 Å². The number of nitrogens with zero attached hydrogens (tertiary/aromatic N) is 3. The molecule has 0 bridgehead atoms. The normalized spacial score (nSPS) is 18.3. The summed E-state index contributed by atoms with van der Waals surface area (Å²) in [6.07, 6.45) is 5.54. The maximum absolute atomic E-state index is 12.7. The minimum Gasteiger partial charge on any atom is -0.349 e. The molecule has 29 heavy (non-hydrogen) atoms. The van der Waals surface area contributed by atoms with Gasteiger partial charge in [-0.15, -0.1) is 10.2 Å². The van der Waals surface area contributed by atoms with Gasteiger partial charge in [0, 0.05) is 11.6 Å². The Morgan fingerprint density at radius 1 is 1.03 bits per heavy atom. The van der Waals surface area contributed by atoms with Gasteiger partial charge in [0.15, 0.2) is 5.16 Å². The van der Waals surface area contributed by atoms with Crippen molar-refractivity contribution in [3.05, 3.63) is 71.5 Å². The van der Waals surface area contributed by atoms with Crippen LogP contribution in [0.25, 0.3) is 5.69 Å². The first-order valence-electron chi connectivity index (χ1n) is 10.3. The van der Waals surface area contributed by atoms with Crippen LogP contribution >= 0.6 is 11.8 Å². The standard InChI is InChI=1S/C23H24N4OS/c28-21(24-20-12-6-8-16-7-4-5-11-19(16)20)15-29-23-26-25-22(17-13-14-17)27(23)18-9-2-1-3-10-18/h1-5,7,9-11,17,20H,6,8,12-15H2,(H,24,28)/t20-/m0/s1. The maximum atomic E-state index is 12.7. The molecule has 0 unspecified atom stereocenters. The first-order valence-corrected chi connectivity index (χ1v) is 11.3. The second-order valence-electron chi connectivity index (χ2n) is 7.79. The smallest absolute Gasteiger partial charge is 0.230 e. The molecule has 2 aromatic carbocycles. The second-order valence-corrected chi connectivity index (χ2v) is 8.73. The van der Waals surface area contributed by atoms with Gasteiger partial charge in [-0.2, -0.15) is 0 Å². The fraction of sp³-hybridized carbons (Fsp3) is 0.348. The lowest BCUT2D eigenvalue weighted by Gasteiger charge is -2.26. The number of para-hydroxylation sites is 1. The summed E-state index contributed by atoms with van der Waals surface area (Å²) in [4.78, 5) is 12.7. The Kier molecular flexibility index (Phi) is 5.10. The molecule has 1 N–H and O–H groups in total. The summed E-state index contributed by atoms with van der Waals surface area (Å²) in [5.74, 6) is 1.89. The summed E-state index contributed by atoms with van der Waals surface area (Å²) < 4.78 is 2.12. The van der Waals surface area contributed by atoms with Crippen molar-refractivity contribution in [1.82, 2.24) is 20.1 Å². The Balaban J connectivity index is 1.29. The number of rotatable bonds is 6. The van der Waals surface area contributed by atoms with Gasteiger partial charge >= 0.3 is 0 Å². The third-order valence-electron chi connectivity index (χ3n) is 5.65. The highest BCUT2D eigenvalue weighted by Crippen LogP contribution is 2.41. The Morgan fingerprint density at radius 3 is 2.66 bits per heavy atom. The lowest BCUT2D eigenvalue weighted by atomic mass is 9.88. The number of nitrogens with one attached hydrogen (secondary N) is 1. The zero-order valence-corrected chi connectivity index (χ0v) is 17.1. The Labute approximate surface area is 174 Å². The van der Waals surface area contributed by atoms with Crippen molar-refractivity contribution in [2.75, 3.05) is 5.75 Å². The zero-order valence-electron chi connectivity index (χ0n) is 16.3. The van der Waals surface area contributed by atoms with Crippen molar-refractivity contribution < 1.29 is 4.79 Å². The highest BCUT2D eigenvalue weighted by molar-refractivity contribution is 7.99. The monoisotopic (exact) mass is 404 g/mol. The third-order valence-corrected chi connectivity index (χ3v) is 6.58. The van der Waals surface area contributed by atoms with E-state index in [0.717, 1.165) is 48.8 Å². The molecule has 0 aliphatic heterocycles. The third kappa shape index (κ3) is 3.94. The molecule has 3 aromatic rings. The average molecular weight is 405 g/mol. The number of amides is 1. The summed E-state index contributed by atoms with van der Waals surface area (Å²) in [5.41, 5.74) is 3.68. The molecular formula is C23H24N4OS. The zero-order chi connectivity index (χ0) is 19.6. The van der Waals surface area contributed by atoms with Gasteiger partial charge in [0.1, 0.15) is 5.82 Å². The molecule has 2 aliphatic carbocycles. The van der Waals surface area contributed by atoms with Crippen LogP contribution in [0.2, 0.25) is 0 Å². The molecule has 148 valence electrons. The van der Waals surface area contributed by atoms with Gasteiger partial charge in [-0.3, -0.25) is 9.36 Å². The predicted octanol–water partition coefficient (Wildman–Crippen LogP) is 4.43. The van der Waals surface area contributed by atoms with Crippen molar-refractivity contribution in [2.24, 2.45) is 0 Å². The number of thioether (sulfide) groups is 1. The topological polar surface area (TPSA) is 59.8 Å². The SMILES string of the molecule is O=C(CSc1nnc(C2CC2)n1-c1ccccc1)N[C@H]1CCCc2ccccc21. The van der Waals surface area contributed by atoms with E-state index >= 15 is 0 Å². The molecule has 5 nitrogen and oxygen atoms in total. The highest BCUT2D eigenvalue weighted by atomic mass is 32.2. The number of aryl methyl sites for hydroxylation is 1. The van der Waals surface area contributed by atoms with Crippen LogP contribution in [0.5, 0.6) is 0 Å². The van der Waals surface area contributed by atoms with Gasteiger partial charge in [-0.05, 0) is 55.4 Å². The second kappa shape index (κ2) is 8.03. The summed E-state index contributed by atoms with van der Waals surface area (Å²) >= 11 is 1.46. The van der Waals surface area contributed by atoms with Crippen LogP contribution < -0.4 is 5.32 Å². The minimum absolute atomic E-state index is 0.0484. The predicted molar refractivity (Wildman–Crippen MR) is 114 cm³/mol. The van der Waals surface area contributed by atoms with E-state index in [-0.39, 0.29) is 11.9 Å². The number of carbonyl (C=O) groups is 1. The summed E-state index contributed by atoms with van der Waals surface area (Å²) in [6.45, 7) is 0. The number of hydrogen-bond acceptors (Lipinski definition) is 4. The van der Waals surface area contributed by atoms with Gasteiger partial charge in [0.2, 0.25) is 5.91 Å². The van der Waals surface area contributed by atoms with E-state index in [0.29, 0.717) is 11.7 Å². The van der Waals surface area contributed by atoms with E-state index in [9.17, 15) is 4.79 Å². The molecule has 5 rings (SSSR count). The molecule has 0 saturated heterocycles. The number of carbonyl (C=O) groups excluding carboxylic acids is 1. The molecule has 1 heterocycles. The van der Waals surface area contributed by atoms with Crippen molar-refractivity contribution >= 4 is 17.7 Å². The van der Waals surface area contributed by atoms with Crippen molar-refractivity contribution in [3.63, 3.8) is 0 Å². The molecule has 1 amide bonds. The van der Waals surface area contributed by atoms with Gasteiger partial charge in [0.25, 0.3) is 0 Å².